The molecule has 1 amide bonds. The number of nitrogens with one attached hydrogen (secondary N) is 1. The third-order valence-electron chi connectivity index (χ3n) is 2.33. The van der Waals surface area contributed by atoms with E-state index in [9.17, 15) is 14.4 Å². The van der Waals surface area contributed by atoms with Gasteiger partial charge in [0, 0.05) is 5.75 Å². The lowest BCUT2D eigenvalue weighted by atomic mass is 10.2. The lowest BCUT2D eigenvalue weighted by Crippen LogP contribution is -2.50. The second-order valence-electron chi connectivity index (χ2n) is 4.16. The van der Waals surface area contributed by atoms with E-state index in [1.165, 1.54) is 6.92 Å². The average Bonchev–Trinajstić information content (AvgIpc) is 2.41. The van der Waals surface area contributed by atoms with Crippen molar-refractivity contribution in [3.05, 3.63) is 0 Å². The van der Waals surface area contributed by atoms with E-state index in [1.54, 1.807) is 11.8 Å². The van der Waals surface area contributed by atoms with Crippen molar-refractivity contribution < 1.29 is 19.1 Å². The SMILES string of the molecule is CSCC[C@H](N)C(=O)N[C@@H](CS)C(=O)OC(=O)[C@H](C)N. The minimum Gasteiger partial charge on any atom is -0.390 e. The molecule has 0 fully saturated rings. The fourth-order valence-electron chi connectivity index (χ4n) is 1.10. The molecule has 0 radical (unpaired) electrons. The standard InChI is InChI=1S/C11H21N3O4S2/c1-6(12)10(16)18-11(17)8(5-19)14-9(15)7(13)3-4-20-2/h6-8,19H,3-5,12-13H2,1-2H3,(H,14,15)/t6-,7-,8-/m0/s1. The van der Waals surface area contributed by atoms with Crippen LogP contribution in [0.3, 0.4) is 0 Å². The smallest absolute Gasteiger partial charge is 0.337 e. The molecular formula is C11H21N3O4S2. The molecule has 0 aliphatic heterocycles. The summed E-state index contributed by atoms with van der Waals surface area (Å²) in [4.78, 5) is 34.6. The van der Waals surface area contributed by atoms with Crippen LogP contribution in [0, 0.1) is 0 Å². The van der Waals surface area contributed by atoms with Gasteiger partial charge in [-0.05, 0) is 25.4 Å². The summed E-state index contributed by atoms with van der Waals surface area (Å²) < 4.78 is 4.52. The molecule has 0 saturated carbocycles. The van der Waals surface area contributed by atoms with Crippen molar-refractivity contribution >= 4 is 42.2 Å². The maximum absolute atomic E-state index is 11.7. The Morgan fingerprint density at radius 1 is 1.30 bits per heavy atom. The zero-order valence-electron chi connectivity index (χ0n) is 11.5. The molecule has 0 aromatic carbocycles. The molecule has 0 unspecified atom stereocenters. The number of carbonyl (C=O) groups excluding carboxylic acids is 3. The minimum absolute atomic E-state index is 0.00788. The molecule has 0 saturated heterocycles. The normalized spacial score (nSPS) is 15.1. The summed E-state index contributed by atoms with van der Waals surface area (Å²) in [5, 5.41) is 2.40. The Hall–Kier alpha value is -0.770. The first-order valence-corrected chi connectivity index (χ1v) is 8.03. The number of ether oxygens (including phenoxy) is 1. The Labute approximate surface area is 127 Å². The van der Waals surface area contributed by atoms with Gasteiger partial charge in [0.15, 0.2) is 0 Å². The van der Waals surface area contributed by atoms with Gasteiger partial charge < -0.3 is 21.5 Å². The number of thiol groups is 1. The van der Waals surface area contributed by atoms with Crippen LogP contribution >= 0.6 is 24.4 Å². The van der Waals surface area contributed by atoms with Crippen molar-refractivity contribution in [3.8, 4) is 0 Å². The predicted molar refractivity (Wildman–Crippen MR) is 81.5 cm³/mol. The molecule has 9 heteroatoms. The van der Waals surface area contributed by atoms with Crippen LogP contribution in [0.1, 0.15) is 13.3 Å². The Morgan fingerprint density at radius 3 is 2.35 bits per heavy atom. The summed E-state index contributed by atoms with van der Waals surface area (Å²) >= 11 is 5.50. The zero-order chi connectivity index (χ0) is 15.7. The number of hydrogen-bond donors (Lipinski definition) is 4. The first-order chi connectivity index (χ1) is 9.33. The topological polar surface area (TPSA) is 125 Å². The van der Waals surface area contributed by atoms with Crippen LogP contribution in [0.4, 0.5) is 0 Å². The van der Waals surface area contributed by atoms with E-state index in [0.29, 0.717) is 6.42 Å². The lowest BCUT2D eigenvalue weighted by molar-refractivity contribution is -0.162. The molecule has 0 aliphatic carbocycles. The summed E-state index contributed by atoms with van der Waals surface area (Å²) in [7, 11) is 0. The molecule has 0 aromatic heterocycles. The van der Waals surface area contributed by atoms with E-state index >= 15 is 0 Å². The first kappa shape index (κ1) is 19.2. The summed E-state index contributed by atoms with van der Waals surface area (Å²) in [5.74, 6) is -1.52. The van der Waals surface area contributed by atoms with Gasteiger partial charge in [-0.1, -0.05) is 0 Å². The van der Waals surface area contributed by atoms with Crippen LogP contribution in [0.25, 0.3) is 0 Å². The minimum atomic E-state index is -1.03. The number of esters is 2. The molecular weight excluding hydrogens is 302 g/mol. The predicted octanol–water partition coefficient (Wildman–Crippen LogP) is -1.10. The van der Waals surface area contributed by atoms with Crippen molar-refractivity contribution in [2.24, 2.45) is 11.5 Å². The number of thioether (sulfide) groups is 1. The van der Waals surface area contributed by atoms with Crippen molar-refractivity contribution in [1.82, 2.24) is 5.32 Å². The number of nitrogens with two attached hydrogens (primary N) is 2. The van der Waals surface area contributed by atoms with E-state index in [1.807, 2.05) is 6.26 Å². The molecule has 20 heavy (non-hydrogen) atoms. The third kappa shape index (κ3) is 7.13. The van der Waals surface area contributed by atoms with Gasteiger partial charge in [0.1, 0.15) is 12.1 Å². The highest BCUT2D eigenvalue weighted by Crippen LogP contribution is 2.01. The van der Waals surface area contributed by atoms with Gasteiger partial charge >= 0.3 is 11.9 Å². The maximum atomic E-state index is 11.7. The highest BCUT2D eigenvalue weighted by atomic mass is 32.2. The molecule has 0 bridgehead atoms. The molecule has 116 valence electrons. The van der Waals surface area contributed by atoms with Gasteiger partial charge in [0.05, 0.1) is 6.04 Å². The highest BCUT2D eigenvalue weighted by molar-refractivity contribution is 7.98. The molecule has 0 rings (SSSR count). The fraction of sp³-hybridized carbons (Fsp3) is 0.727. The van der Waals surface area contributed by atoms with E-state index in [2.05, 4.69) is 22.7 Å². The Bertz CT molecular complexity index is 353. The Balaban J connectivity index is 4.42. The van der Waals surface area contributed by atoms with E-state index in [-0.39, 0.29) is 5.75 Å². The van der Waals surface area contributed by atoms with Gasteiger partial charge in [-0.3, -0.25) is 4.79 Å². The fourth-order valence-corrected chi connectivity index (χ4v) is 1.83. The summed E-state index contributed by atoms with van der Waals surface area (Å²) in [6, 6.07) is -2.67. The van der Waals surface area contributed by atoms with Crippen LogP contribution in [0.5, 0.6) is 0 Å². The molecule has 7 nitrogen and oxygen atoms in total. The molecule has 5 N–H and O–H groups in total. The van der Waals surface area contributed by atoms with Crippen LogP contribution in [-0.4, -0.2) is 53.7 Å². The number of hydrogen-bond acceptors (Lipinski definition) is 8. The van der Waals surface area contributed by atoms with Crippen molar-refractivity contribution in [2.45, 2.75) is 31.5 Å². The summed E-state index contributed by atoms with van der Waals surface area (Å²) in [6.07, 6.45) is 2.39. The maximum Gasteiger partial charge on any atom is 0.337 e. The van der Waals surface area contributed by atoms with Crippen molar-refractivity contribution in [1.29, 1.82) is 0 Å². The number of carbonyl (C=O) groups is 3. The van der Waals surface area contributed by atoms with Crippen molar-refractivity contribution in [2.75, 3.05) is 17.8 Å². The molecule has 0 heterocycles. The van der Waals surface area contributed by atoms with Gasteiger partial charge in [-0.2, -0.15) is 24.4 Å². The highest BCUT2D eigenvalue weighted by Gasteiger charge is 2.26. The second kappa shape index (κ2) is 10.0. The van der Waals surface area contributed by atoms with Gasteiger partial charge in [-0.25, -0.2) is 9.59 Å². The van der Waals surface area contributed by atoms with Crippen LogP contribution in [0.15, 0.2) is 0 Å². The van der Waals surface area contributed by atoms with Crippen LogP contribution in [0.2, 0.25) is 0 Å². The molecule has 0 aliphatic rings. The Morgan fingerprint density at radius 2 is 1.90 bits per heavy atom. The van der Waals surface area contributed by atoms with E-state index in [0.717, 1.165) is 5.75 Å². The van der Waals surface area contributed by atoms with E-state index in [4.69, 9.17) is 11.5 Å². The van der Waals surface area contributed by atoms with Gasteiger partial charge in [0.25, 0.3) is 0 Å². The zero-order valence-corrected chi connectivity index (χ0v) is 13.2. The van der Waals surface area contributed by atoms with Crippen molar-refractivity contribution in [3.63, 3.8) is 0 Å². The quantitative estimate of drug-likeness (QED) is 0.254. The summed E-state index contributed by atoms with van der Waals surface area (Å²) in [6.45, 7) is 1.39. The lowest BCUT2D eigenvalue weighted by Gasteiger charge is -2.18. The van der Waals surface area contributed by atoms with E-state index < -0.39 is 36.0 Å². The second-order valence-corrected chi connectivity index (χ2v) is 5.51. The Kier molecular flexibility index (Phi) is 9.64. The summed E-state index contributed by atoms with van der Waals surface area (Å²) in [5.41, 5.74) is 10.9. The first-order valence-electron chi connectivity index (χ1n) is 6.00. The third-order valence-corrected chi connectivity index (χ3v) is 3.34. The average molecular weight is 323 g/mol. The largest absolute Gasteiger partial charge is 0.390 e. The molecule has 0 aromatic rings. The monoisotopic (exact) mass is 323 g/mol. The number of rotatable bonds is 8. The number of amides is 1. The van der Waals surface area contributed by atoms with Gasteiger partial charge in [-0.15, -0.1) is 0 Å². The molecule has 0 spiro atoms. The van der Waals surface area contributed by atoms with Crippen LogP contribution < -0.4 is 16.8 Å². The van der Waals surface area contributed by atoms with Crippen LogP contribution in [-0.2, 0) is 19.1 Å². The van der Waals surface area contributed by atoms with Gasteiger partial charge in [0.2, 0.25) is 5.91 Å². The molecule has 3 atom stereocenters.